The molecule has 2 N–H and O–H groups in total. The number of thioether (sulfide) groups is 2. The molecule has 10 aromatic rings. The topological polar surface area (TPSA) is 188 Å². The van der Waals surface area contributed by atoms with Gasteiger partial charge >= 0.3 is 0 Å². The third kappa shape index (κ3) is 11.1. The van der Waals surface area contributed by atoms with Crippen molar-refractivity contribution in [3.05, 3.63) is 165 Å². The number of hydrogen-bond donors (Lipinski definition) is 2. The molecule has 404 valence electrons. The van der Waals surface area contributed by atoms with Gasteiger partial charge in [0.2, 0.25) is 5.95 Å². The largest absolute Gasteiger partial charge is 0.371 e. The summed E-state index contributed by atoms with van der Waals surface area (Å²) in [5, 5.41) is 9.09. The minimum Gasteiger partial charge on any atom is -0.371 e. The van der Waals surface area contributed by atoms with Crippen molar-refractivity contribution in [2.24, 2.45) is 17.3 Å². The maximum atomic E-state index is 13.3. The van der Waals surface area contributed by atoms with E-state index < -0.39 is 0 Å². The molecule has 79 heavy (non-hydrogen) atoms. The number of H-pyrrole nitrogens is 1. The normalized spacial score (nSPS) is 16.2. The highest BCUT2D eigenvalue weighted by atomic mass is 32.2. The summed E-state index contributed by atoms with van der Waals surface area (Å²) in [6, 6.07) is 38.1. The lowest BCUT2D eigenvalue weighted by Crippen LogP contribution is -2.46. The molecule has 2 aliphatic heterocycles. The van der Waals surface area contributed by atoms with E-state index >= 15 is 0 Å². The lowest BCUT2D eigenvalue weighted by Gasteiger charge is -2.46. The maximum absolute atomic E-state index is 13.3. The number of rotatable bonds is 12. The molecule has 2 saturated carbocycles. The van der Waals surface area contributed by atoms with Gasteiger partial charge in [0.1, 0.15) is 16.2 Å². The first-order valence-electron chi connectivity index (χ1n) is 27.1. The van der Waals surface area contributed by atoms with Crippen LogP contribution in [0.3, 0.4) is 0 Å². The molecule has 8 heterocycles. The molecule has 2 aliphatic carbocycles. The molecule has 20 heteroatoms. The minimum absolute atomic E-state index is 0.00148. The van der Waals surface area contributed by atoms with Gasteiger partial charge in [0.25, 0.3) is 16.7 Å². The second-order valence-corrected chi connectivity index (χ2v) is 22.7. The van der Waals surface area contributed by atoms with E-state index in [9.17, 15) is 14.4 Å². The van der Waals surface area contributed by atoms with Crippen LogP contribution in [0.15, 0.2) is 159 Å². The van der Waals surface area contributed by atoms with E-state index in [1.54, 1.807) is 23.3 Å². The first-order chi connectivity index (χ1) is 38.6. The molecule has 4 aromatic carbocycles. The smallest absolute Gasteiger partial charge is 0.278 e. The van der Waals surface area contributed by atoms with Gasteiger partial charge in [-0.05, 0) is 162 Å². The van der Waals surface area contributed by atoms with Crippen molar-refractivity contribution in [1.82, 2.24) is 63.3 Å². The van der Waals surface area contributed by atoms with Crippen molar-refractivity contribution in [2.45, 2.75) is 74.8 Å². The Kier molecular flexibility index (Phi) is 14.8. The van der Waals surface area contributed by atoms with Gasteiger partial charge in [-0.3, -0.25) is 19.5 Å². The van der Waals surface area contributed by atoms with Crippen LogP contribution in [0.1, 0.15) is 51.4 Å². The van der Waals surface area contributed by atoms with Crippen LogP contribution in [0, 0.1) is 17.3 Å². The molecule has 6 aromatic heterocycles. The zero-order valence-corrected chi connectivity index (χ0v) is 46.2. The van der Waals surface area contributed by atoms with E-state index in [0.717, 1.165) is 42.4 Å². The fraction of sp³-hybridized carbons (Fsp3) is 0.339. The Morgan fingerprint density at radius 1 is 0.544 bits per heavy atom. The Balaban J connectivity index is 0.000000131. The molecule has 1 spiro atoms. The number of benzene rings is 4. The molecule has 0 amide bonds. The standard InChI is InChI=1S/C31H37N7O.C16H16N4OS.C12H10N4OS/c1-35-17-13-31(14-18-35)15-19-36(20-16-31)25-11-9-24(10-12-25)33-30-32-21-27-28(34-30)38(26-5-3-2-4-6-26)37(29(27)39)22-23-7-8-23;1-22-16-17-9-13-14(18-16)20(12-5-3-2-4-6-12)19(15(13)21)10-11-7-8-11;1-18-12-13-7-9-10(14-12)16(15-11(9)17)8-5-3-2-4-6-8/h2-6,9-12,21,23H,7-8,13-20,22H2,1H3,(H,32,33,34);2-6,9,11H,7-8,10H2,1H3;2-7H,1H3,(H,15,17). The molecule has 0 unspecified atom stereocenters. The van der Waals surface area contributed by atoms with Crippen molar-refractivity contribution in [1.29, 1.82) is 0 Å². The van der Waals surface area contributed by atoms with Gasteiger partial charge in [-0.25, -0.2) is 48.3 Å². The summed E-state index contributed by atoms with van der Waals surface area (Å²) < 4.78 is 9.23. The van der Waals surface area contributed by atoms with Crippen LogP contribution < -0.4 is 26.9 Å². The Bertz CT molecular complexity index is 3920. The summed E-state index contributed by atoms with van der Waals surface area (Å²) in [5.41, 5.74) is 7.25. The number of nitrogens with zero attached hydrogens (tertiary/aromatic N) is 13. The fourth-order valence-electron chi connectivity index (χ4n) is 10.8. The first kappa shape index (κ1) is 51.9. The molecule has 2 saturated heterocycles. The summed E-state index contributed by atoms with van der Waals surface area (Å²) >= 11 is 2.93. The van der Waals surface area contributed by atoms with Crippen molar-refractivity contribution in [3.8, 4) is 17.1 Å². The number of likely N-dealkylation sites (tertiary alicyclic amines) is 1. The van der Waals surface area contributed by atoms with E-state index in [1.165, 1.54) is 93.7 Å². The molecule has 0 atom stereocenters. The van der Waals surface area contributed by atoms with E-state index in [2.05, 4.69) is 76.4 Å². The Morgan fingerprint density at radius 3 is 1.53 bits per heavy atom. The van der Waals surface area contributed by atoms with Crippen LogP contribution in [-0.2, 0) is 13.1 Å². The van der Waals surface area contributed by atoms with Crippen molar-refractivity contribution in [2.75, 3.05) is 56.0 Å². The van der Waals surface area contributed by atoms with Crippen LogP contribution in [0.4, 0.5) is 17.3 Å². The Hall–Kier alpha value is -7.81. The van der Waals surface area contributed by atoms with Gasteiger partial charge in [-0.1, -0.05) is 78.1 Å². The molecule has 14 rings (SSSR count). The number of anilines is 3. The zero-order valence-electron chi connectivity index (χ0n) is 44.6. The zero-order chi connectivity index (χ0) is 54.0. The predicted octanol–water partition coefficient (Wildman–Crippen LogP) is 9.59. The maximum Gasteiger partial charge on any atom is 0.278 e. The summed E-state index contributed by atoms with van der Waals surface area (Å²) in [4.78, 5) is 69.5. The number of para-hydroxylation sites is 3. The van der Waals surface area contributed by atoms with Crippen LogP contribution >= 0.6 is 23.5 Å². The van der Waals surface area contributed by atoms with Gasteiger partial charge in [-0.15, -0.1) is 0 Å². The van der Waals surface area contributed by atoms with Crippen molar-refractivity contribution >= 4 is 73.9 Å². The van der Waals surface area contributed by atoms with E-state index in [1.807, 2.05) is 122 Å². The van der Waals surface area contributed by atoms with E-state index in [0.29, 0.717) is 73.2 Å². The number of hydrogen-bond acceptors (Lipinski definition) is 14. The number of aromatic nitrogens is 12. The lowest BCUT2D eigenvalue weighted by molar-refractivity contribution is 0.0945. The highest BCUT2D eigenvalue weighted by Gasteiger charge is 2.37. The van der Waals surface area contributed by atoms with Crippen LogP contribution in [0.2, 0.25) is 0 Å². The van der Waals surface area contributed by atoms with Crippen molar-refractivity contribution < 1.29 is 0 Å². The van der Waals surface area contributed by atoms with Crippen molar-refractivity contribution in [3.63, 3.8) is 0 Å². The van der Waals surface area contributed by atoms with Crippen LogP contribution in [0.5, 0.6) is 0 Å². The first-order valence-corrected chi connectivity index (χ1v) is 29.6. The SMILES string of the molecule is CN1CCC2(CC1)CCN(c1ccc(Nc3ncc4c(=O)n(CC5CC5)n(-c5ccccc5)c4n3)cc1)CC2.CSc1ncc2c(=O)[nH]n(-c3ccccc3)c2n1.CSc1ncc2c(=O)n(CC3CC3)n(-c3ccccc3)c2n1. The fourth-order valence-corrected chi connectivity index (χ4v) is 11.4. The van der Waals surface area contributed by atoms with Gasteiger partial charge < -0.3 is 15.1 Å². The number of piperidine rings is 2. The van der Waals surface area contributed by atoms with Gasteiger partial charge in [0.05, 0.1) is 17.1 Å². The number of fused-ring (bicyclic) bond motifs is 3. The van der Waals surface area contributed by atoms with E-state index in [4.69, 9.17) is 4.98 Å². The molecule has 4 aliphatic rings. The molecule has 4 fully saturated rings. The van der Waals surface area contributed by atoms with Gasteiger partial charge in [-0.2, -0.15) is 4.98 Å². The summed E-state index contributed by atoms with van der Waals surface area (Å²) in [5.74, 6) is 1.66. The molecule has 18 nitrogen and oxygen atoms in total. The Morgan fingerprint density at radius 2 is 1.01 bits per heavy atom. The minimum atomic E-state index is -0.179. The Labute approximate surface area is 464 Å². The average Bonchev–Trinajstić information content (AvgIpc) is 4.61. The highest BCUT2D eigenvalue weighted by Crippen LogP contribution is 2.42. The predicted molar refractivity (Wildman–Crippen MR) is 315 cm³/mol. The highest BCUT2D eigenvalue weighted by molar-refractivity contribution is 7.98. The van der Waals surface area contributed by atoms with Gasteiger partial charge in [0.15, 0.2) is 27.3 Å². The third-order valence-electron chi connectivity index (χ3n) is 15.7. The number of nitrogens with one attached hydrogen (secondary N) is 2. The summed E-state index contributed by atoms with van der Waals surface area (Å²) in [7, 11) is 2.24. The quantitative estimate of drug-likeness (QED) is 0.0870. The van der Waals surface area contributed by atoms with E-state index in [-0.39, 0.29) is 16.7 Å². The second-order valence-electron chi connectivity index (χ2n) is 21.1. The third-order valence-corrected chi connectivity index (χ3v) is 16.9. The molecular formula is C59H63N15O3S2. The lowest BCUT2D eigenvalue weighted by atomic mass is 9.71. The summed E-state index contributed by atoms with van der Waals surface area (Å²) in [6.07, 6.45) is 18.7. The monoisotopic (exact) mass is 1090 g/mol. The molecule has 0 radical (unpaired) electrons. The average molecular weight is 1090 g/mol. The summed E-state index contributed by atoms with van der Waals surface area (Å²) in [6.45, 7) is 6.19. The van der Waals surface area contributed by atoms with Gasteiger partial charge in [0, 0.05) is 56.1 Å². The molecular weight excluding hydrogens is 1030 g/mol. The van der Waals surface area contributed by atoms with Crippen LogP contribution in [0.25, 0.3) is 50.2 Å². The number of aromatic amines is 1. The van der Waals surface area contributed by atoms with Crippen LogP contribution in [-0.4, -0.2) is 109 Å². The molecule has 0 bridgehead atoms. The second kappa shape index (κ2) is 22.5.